The lowest BCUT2D eigenvalue weighted by Gasteiger charge is -2.01. The molecule has 0 saturated carbocycles. The van der Waals surface area contributed by atoms with E-state index >= 15 is 0 Å². The van der Waals surface area contributed by atoms with Crippen LogP contribution in [0, 0.1) is 0 Å². The average molecular weight is 146 g/mol. The highest BCUT2D eigenvalue weighted by molar-refractivity contribution is 5.92. The molecule has 0 aliphatic rings. The SMILES string of the molecule is COCNC(=O)NC(C)=O. The van der Waals surface area contributed by atoms with E-state index in [9.17, 15) is 9.59 Å². The molecule has 0 aromatic carbocycles. The molecule has 0 aliphatic carbocycles. The van der Waals surface area contributed by atoms with Gasteiger partial charge < -0.3 is 10.1 Å². The molecule has 0 bridgehead atoms. The van der Waals surface area contributed by atoms with Crippen LogP contribution < -0.4 is 10.6 Å². The Labute approximate surface area is 58.7 Å². The second-order valence-corrected chi connectivity index (χ2v) is 1.62. The summed E-state index contributed by atoms with van der Waals surface area (Å²) in [5, 5.41) is 4.28. The molecule has 0 rings (SSSR count). The van der Waals surface area contributed by atoms with Crippen molar-refractivity contribution in [3.8, 4) is 0 Å². The number of hydrogen-bond acceptors (Lipinski definition) is 3. The summed E-state index contributed by atoms with van der Waals surface area (Å²) in [4.78, 5) is 20.7. The highest BCUT2D eigenvalue weighted by Gasteiger charge is 1.98. The van der Waals surface area contributed by atoms with Crippen LogP contribution in [0.2, 0.25) is 0 Å². The molecule has 0 saturated heterocycles. The monoisotopic (exact) mass is 146 g/mol. The second kappa shape index (κ2) is 4.75. The number of nitrogens with one attached hydrogen (secondary N) is 2. The third-order valence-corrected chi connectivity index (χ3v) is 0.667. The van der Waals surface area contributed by atoms with E-state index in [1.165, 1.54) is 14.0 Å². The van der Waals surface area contributed by atoms with Crippen molar-refractivity contribution in [1.82, 2.24) is 10.6 Å². The normalized spacial score (nSPS) is 8.60. The first-order chi connectivity index (χ1) is 4.66. The summed E-state index contributed by atoms with van der Waals surface area (Å²) in [5.41, 5.74) is 0. The van der Waals surface area contributed by atoms with Crippen LogP contribution in [0.3, 0.4) is 0 Å². The van der Waals surface area contributed by atoms with Gasteiger partial charge in [0.1, 0.15) is 6.73 Å². The smallest absolute Gasteiger partial charge is 0.323 e. The Morgan fingerprint density at radius 1 is 1.50 bits per heavy atom. The molecule has 10 heavy (non-hydrogen) atoms. The predicted octanol–water partition coefficient (Wildman–Crippen LogP) is -0.564. The third kappa shape index (κ3) is 5.04. The lowest BCUT2D eigenvalue weighted by molar-refractivity contribution is -0.117. The predicted molar refractivity (Wildman–Crippen MR) is 34.2 cm³/mol. The van der Waals surface area contributed by atoms with E-state index in [-0.39, 0.29) is 6.73 Å². The van der Waals surface area contributed by atoms with Crippen LogP contribution in [0.5, 0.6) is 0 Å². The molecule has 5 nitrogen and oxygen atoms in total. The summed E-state index contributed by atoms with van der Waals surface area (Å²) in [6, 6.07) is -0.547. The van der Waals surface area contributed by atoms with E-state index in [1.807, 2.05) is 5.32 Å². The quantitative estimate of drug-likeness (QED) is 0.513. The maximum Gasteiger partial charge on any atom is 0.323 e. The topological polar surface area (TPSA) is 67.4 Å². The molecule has 0 fully saturated rings. The first-order valence-electron chi connectivity index (χ1n) is 2.71. The number of urea groups is 1. The maximum atomic E-state index is 10.5. The number of amides is 3. The first kappa shape index (κ1) is 8.90. The summed E-state index contributed by atoms with van der Waals surface area (Å²) >= 11 is 0. The zero-order valence-electron chi connectivity index (χ0n) is 5.93. The summed E-state index contributed by atoms with van der Waals surface area (Å²) in [6.45, 7) is 1.35. The molecular weight excluding hydrogens is 136 g/mol. The van der Waals surface area contributed by atoms with E-state index in [4.69, 9.17) is 0 Å². The fraction of sp³-hybridized carbons (Fsp3) is 0.600. The lowest BCUT2D eigenvalue weighted by Crippen LogP contribution is -2.38. The van der Waals surface area contributed by atoms with Crippen molar-refractivity contribution in [3.05, 3.63) is 0 Å². The Morgan fingerprint density at radius 2 is 2.10 bits per heavy atom. The van der Waals surface area contributed by atoms with Crippen molar-refractivity contribution in [2.75, 3.05) is 13.8 Å². The van der Waals surface area contributed by atoms with Crippen LogP contribution in [0.25, 0.3) is 0 Å². The molecule has 5 heteroatoms. The molecule has 0 spiro atoms. The van der Waals surface area contributed by atoms with Gasteiger partial charge in [-0.1, -0.05) is 0 Å². The summed E-state index contributed by atoms with van der Waals surface area (Å²) in [5.74, 6) is -0.395. The van der Waals surface area contributed by atoms with Crippen LogP contribution in [0.4, 0.5) is 4.79 Å². The largest absolute Gasteiger partial charge is 0.364 e. The van der Waals surface area contributed by atoms with Crippen LogP contribution in [0.1, 0.15) is 6.92 Å². The van der Waals surface area contributed by atoms with E-state index in [0.717, 1.165) is 0 Å². The average Bonchev–Trinajstić information content (AvgIpc) is 1.82. The van der Waals surface area contributed by atoms with Gasteiger partial charge in [-0.3, -0.25) is 10.1 Å². The minimum absolute atomic E-state index is 0.0963. The van der Waals surface area contributed by atoms with Crippen LogP contribution in [-0.4, -0.2) is 25.8 Å². The van der Waals surface area contributed by atoms with E-state index in [1.54, 1.807) is 0 Å². The minimum Gasteiger partial charge on any atom is -0.364 e. The molecule has 0 atom stereocenters. The van der Waals surface area contributed by atoms with Crippen LogP contribution >= 0.6 is 0 Å². The molecule has 0 aromatic heterocycles. The highest BCUT2D eigenvalue weighted by atomic mass is 16.5. The molecular formula is C5H10N2O3. The van der Waals surface area contributed by atoms with Crippen molar-refractivity contribution >= 4 is 11.9 Å². The van der Waals surface area contributed by atoms with Crippen molar-refractivity contribution < 1.29 is 14.3 Å². The van der Waals surface area contributed by atoms with Gasteiger partial charge in [-0.05, 0) is 0 Å². The number of carbonyl (C=O) groups is 2. The molecule has 0 unspecified atom stereocenters. The van der Waals surface area contributed by atoms with Gasteiger partial charge >= 0.3 is 6.03 Å². The van der Waals surface area contributed by atoms with E-state index < -0.39 is 11.9 Å². The summed E-state index contributed by atoms with van der Waals surface area (Å²) in [6.07, 6.45) is 0. The van der Waals surface area contributed by atoms with Gasteiger partial charge in [0.2, 0.25) is 5.91 Å². The third-order valence-electron chi connectivity index (χ3n) is 0.667. The number of hydrogen-bond donors (Lipinski definition) is 2. The Kier molecular flexibility index (Phi) is 4.23. The number of imide groups is 1. The number of ether oxygens (including phenoxy) is 1. The molecule has 58 valence electrons. The maximum absolute atomic E-state index is 10.5. The molecule has 2 N–H and O–H groups in total. The number of carbonyl (C=O) groups excluding carboxylic acids is 2. The zero-order chi connectivity index (χ0) is 7.98. The van der Waals surface area contributed by atoms with Crippen molar-refractivity contribution in [3.63, 3.8) is 0 Å². The first-order valence-corrected chi connectivity index (χ1v) is 2.71. The fourth-order valence-corrected chi connectivity index (χ4v) is 0.342. The van der Waals surface area contributed by atoms with Gasteiger partial charge in [0, 0.05) is 14.0 Å². The standard InChI is InChI=1S/C5H10N2O3/c1-4(8)7-5(9)6-3-10-2/h3H2,1-2H3,(H2,6,7,8,9). The van der Waals surface area contributed by atoms with Gasteiger partial charge in [-0.15, -0.1) is 0 Å². The summed E-state index contributed by atoms with van der Waals surface area (Å²) in [7, 11) is 1.44. The van der Waals surface area contributed by atoms with Crippen LogP contribution in [-0.2, 0) is 9.53 Å². The van der Waals surface area contributed by atoms with Crippen LogP contribution in [0.15, 0.2) is 0 Å². The number of methoxy groups -OCH3 is 1. The Bertz CT molecular complexity index is 135. The van der Waals surface area contributed by atoms with Gasteiger partial charge in [0.15, 0.2) is 0 Å². The van der Waals surface area contributed by atoms with Gasteiger partial charge in [0.25, 0.3) is 0 Å². The second-order valence-electron chi connectivity index (χ2n) is 1.62. The van der Waals surface area contributed by atoms with E-state index in [0.29, 0.717) is 0 Å². The van der Waals surface area contributed by atoms with Crippen molar-refractivity contribution in [2.24, 2.45) is 0 Å². The molecule has 0 radical (unpaired) electrons. The molecule has 3 amide bonds. The minimum atomic E-state index is -0.547. The Hall–Kier alpha value is -1.10. The van der Waals surface area contributed by atoms with Crippen molar-refractivity contribution in [2.45, 2.75) is 6.92 Å². The summed E-state index contributed by atoms with van der Waals surface area (Å²) < 4.78 is 4.51. The zero-order valence-corrected chi connectivity index (χ0v) is 5.93. The van der Waals surface area contributed by atoms with Gasteiger partial charge in [-0.25, -0.2) is 4.79 Å². The highest BCUT2D eigenvalue weighted by Crippen LogP contribution is 1.65. The number of rotatable bonds is 2. The van der Waals surface area contributed by atoms with E-state index in [2.05, 4.69) is 10.1 Å². The van der Waals surface area contributed by atoms with Gasteiger partial charge in [-0.2, -0.15) is 0 Å². The Morgan fingerprint density at radius 3 is 2.50 bits per heavy atom. The fourth-order valence-electron chi connectivity index (χ4n) is 0.342. The molecule has 0 aliphatic heterocycles. The lowest BCUT2D eigenvalue weighted by atomic mass is 10.7. The molecule has 0 aromatic rings. The Balaban J connectivity index is 3.35. The molecule has 0 heterocycles. The van der Waals surface area contributed by atoms with Gasteiger partial charge in [0.05, 0.1) is 0 Å². The van der Waals surface area contributed by atoms with Crippen molar-refractivity contribution in [1.29, 1.82) is 0 Å².